The first kappa shape index (κ1) is 12.0. The summed E-state index contributed by atoms with van der Waals surface area (Å²) in [5.74, 6) is -0.207. The van der Waals surface area contributed by atoms with Gasteiger partial charge in [-0.15, -0.1) is 0 Å². The number of aryl methyl sites for hydroxylation is 1. The number of amides is 1. The minimum Gasteiger partial charge on any atom is -0.508 e. The first-order chi connectivity index (χ1) is 8.56. The van der Waals surface area contributed by atoms with Gasteiger partial charge in [-0.05, 0) is 48.9 Å². The molecule has 0 fully saturated rings. The second kappa shape index (κ2) is 4.79. The summed E-state index contributed by atoms with van der Waals surface area (Å²) in [5, 5.41) is 21.4. The molecule has 0 aliphatic heterocycles. The highest BCUT2D eigenvalue weighted by molar-refractivity contribution is 6.05. The van der Waals surface area contributed by atoms with E-state index in [0.29, 0.717) is 11.3 Å². The van der Waals surface area contributed by atoms with Crippen LogP contribution in [0, 0.1) is 6.92 Å². The van der Waals surface area contributed by atoms with Gasteiger partial charge in [0.05, 0.1) is 5.69 Å². The number of anilines is 1. The van der Waals surface area contributed by atoms with Crippen molar-refractivity contribution in [2.75, 3.05) is 5.32 Å². The van der Waals surface area contributed by atoms with Gasteiger partial charge in [0, 0.05) is 5.56 Å². The highest BCUT2D eigenvalue weighted by Crippen LogP contribution is 2.24. The molecule has 0 heterocycles. The van der Waals surface area contributed by atoms with Crippen molar-refractivity contribution < 1.29 is 15.0 Å². The summed E-state index contributed by atoms with van der Waals surface area (Å²) in [6.07, 6.45) is 0. The van der Waals surface area contributed by atoms with E-state index in [4.69, 9.17) is 5.11 Å². The summed E-state index contributed by atoms with van der Waals surface area (Å²) in [6, 6.07) is 10.9. The number of benzene rings is 2. The molecule has 0 aromatic heterocycles. The van der Waals surface area contributed by atoms with Crippen molar-refractivity contribution in [1.29, 1.82) is 0 Å². The van der Waals surface area contributed by atoms with Gasteiger partial charge in [-0.25, -0.2) is 0 Å². The van der Waals surface area contributed by atoms with Crippen molar-refractivity contribution in [3.63, 3.8) is 0 Å². The van der Waals surface area contributed by atoms with Crippen LogP contribution < -0.4 is 5.32 Å². The largest absolute Gasteiger partial charge is 0.508 e. The van der Waals surface area contributed by atoms with Crippen molar-refractivity contribution in [3.8, 4) is 11.5 Å². The maximum absolute atomic E-state index is 11.9. The van der Waals surface area contributed by atoms with Crippen molar-refractivity contribution in [1.82, 2.24) is 0 Å². The fraction of sp³-hybridized carbons (Fsp3) is 0.0714. The second-order valence-electron chi connectivity index (χ2n) is 4.02. The smallest absolute Gasteiger partial charge is 0.255 e. The Kier molecular flexibility index (Phi) is 3.19. The average Bonchev–Trinajstić information content (AvgIpc) is 2.33. The highest BCUT2D eigenvalue weighted by atomic mass is 16.3. The maximum Gasteiger partial charge on any atom is 0.255 e. The van der Waals surface area contributed by atoms with E-state index in [-0.39, 0.29) is 17.4 Å². The van der Waals surface area contributed by atoms with Gasteiger partial charge < -0.3 is 15.5 Å². The number of hydrogen-bond donors (Lipinski definition) is 3. The van der Waals surface area contributed by atoms with E-state index in [1.165, 1.54) is 24.3 Å². The van der Waals surface area contributed by atoms with Crippen LogP contribution in [0.4, 0.5) is 5.69 Å². The van der Waals surface area contributed by atoms with Crippen molar-refractivity contribution in [2.24, 2.45) is 0 Å². The van der Waals surface area contributed by atoms with Gasteiger partial charge in [-0.2, -0.15) is 0 Å². The van der Waals surface area contributed by atoms with Crippen LogP contribution in [0.5, 0.6) is 11.5 Å². The van der Waals surface area contributed by atoms with Crippen molar-refractivity contribution in [3.05, 3.63) is 53.6 Å². The maximum atomic E-state index is 11.9. The van der Waals surface area contributed by atoms with E-state index in [2.05, 4.69) is 5.32 Å². The number of hydrogen-bond acceptors (Lipinski definition) is 3. The zero-order valence-corrected chi connectivity index (χ0v) is 9.84. The lowest BCUT2D eigenvalue weighted by Crippen LogP contribution is -2.11. The molecule has 0 radical (unpaired) electrons. The summed E-state index contributed by atoms with van der Waals surface area (Å²) in [5.41, 5.74) is 1.68. The molecule has 0 unspecified atom stereocenters. The summed E-state index contributed by atoms with van der Waals surface area (Å²) in [6.45, 7) is 1.85. The number of nitrogens with one attached hydrogen (secondary N) is 1. The SMILES string of the molecule is Cc1ccc(NC(=O)c2ccc(O)cc2)c(O)c1. The standard InChI is InChI=1S/C14H13NO3/c1-9-2-7-12(13(17)8-9)15-14(18)10-3-5-11(16)6-4-10/h2-8,16-17H,1H3,(H,15,18). The van der Waals surface area contributed by atoms with Gasteiger partial charge in [-0.1, -0.05) is 6.07 Å². The molecule has 0 aliphatic carbocycles. The monoisotopic (exact) mass is 243 g/mol. The van der Waals surface area contributed by atoms with Gasteiger partial charge in [0.25, 0.3) is 5.91 Å². The molecular weight excluding hydrogens is 230 g/mol. The van der Waals surface area contributed by atoms with Gasteiger partial charge in [0.15, 0.2) is 0 Å². The Hall–Kier alpha value is -2.49. The number of phenols is 2. The van der Waals surface area contributed by atoms with Crippen molar-refractivity contribution >= 4 is 11.6 Å². The van der Waals surface area contributed by atoms with E-state index >= 15 is 0 Å². The molecule has 0 saturated heterocycles. The molecule has 18 heavy (non-hydrogen) atoms. The number of aromatic hydroxyl groups is 2. The zero-order chi connectivity index (χ0) is 13.1. The average molecular weight is 243 g/mol. The van der Waals surface area contributed by atoms with Crippen LogP contribution in [-0.2, 0) is 0 Å². The molecule has 2 aromatic rings. The topological polar surface area (TPSA) is 69.6 Å². The third kappa shape index (κ3) is 2.60. The van der Waals surface area contributed by atoms with Gasteiger partial charge in [-0.3, -0.25) is 4.79 Å². The van der Waals surface area contributed by atoms with E-state index < -0.39 is 0 Å². The highest BCUT2D eigenvalue weighted by Gasteiger charge is 2.08. The van der Waals surface area contributed by atoms with E-state index in [1.807, 2.05) is 6.92 Å². The lowest BCUT2D eigenvalue weighted by atomic mass is 10.1. The summed E-state index contributed by atoms with van der Waals surface area (Å²) in [4.78, 5) is 11.9. The molecule has 2 rings (SSSR count). The Labute approximate surface area is 105 Å². The quantitative estimate of drug-likeness (QED) is 0.710. The molecule has 0 aliphatic rings. The summed E-state index contributed by atoms with van der Waals surface area (Å²) < 4.78 is 0. The number of carbonyl (C=O) groups is 1. The van der Waals surface area contributed by atoms with E-state index in [0.717, 1.165) is 5.56 Å². The second-order valence-corrected chi connectivity index (χ2v) is 4.02. The molecule has 4 nitrogen and oxygen atoms in total. The van der Waals surface area contributed by atoms with Crippen molar-refractivity contribution in [2.45, 2.75) is 6.92 Å². The third-order valence-corrected chi connectivity index (χ3v) is 2.53. The summed E-state index contributed by atoms with van der Waals surface area (Å²) >= 11 is 0. The predicted molar refractivity (Wildman–Crippen MR) is 68.9 cm³/mol. The molecule has 0 bridgehead atoms. The molecule has 2 aromatic carbocycles. The predicted octanol–water partition coefficient (Wildman–Crippen LogP) is 2.66. The minimum atomic E-state index is -0.339. The van der Waals surface area contributed by atoms with Crippen LogP contribution in [-0.4, -0.2) is 16.1 Å². The molecule has 92 valence electrons. The van der Waals surface area contributed by atoms with Crippen LogP contribution in [0.1, 0.15) is 15.9 Å². The van der Waals surface area contributed by atoms with Gasteiger partial charge in [0.1, 0.15) is 11.5 Å². The Balaban J connectivity index is 2.18. The molecule has 0 atom stereocenters. The zero-order valence-electron chi connectivity index (χ0n) is 9.84. The fourth-order valence-electron chi connectivity index (χ4n) is 1.55. The van der Waals surface area contributed by atoms with E-state index in [1.54, 1.807) is 18.2 Å². The number of rotatable bonds is 2. The first-order valence-electron chi connectivity index (χ1n) is 5.46. The minimum absolute atomic E-state index is 0.0297. The van der Waals surface area contributed by atoms with Crippen LogP contribution >= 0.6 is 0 Å². The Bertz CT molecular complexity index is 576. The molecule has 0 saturated carbocycles. The van der Waals surface area contributed by atoms with E-state index in [9.17, 15) is 9.90 Å². The molecule has 3 N–H and O–H groups in total. The van der Waals surface area contributed by atoms with Crippen LogP contribution in [0.3, 0.4) is 0 Å². The Morgan fingerprint density at radius 2 is 1.72 bits per heavy atom. The first-order valence-corrected chi connectivity index (χ1v) is 5.46. The number of phenolic OH excluding ortho intramolecular Hbond substituents is 2. The fourth-order valence-corrected chi connectivity index (χ4v) is 1.55. The molecule has 1 amide bonds. The Morgan fingerprint density at radius 3 is 2.33 bits per heavy atom. The lowest BCUT2D eigenvalue weighted by Gasteiger charge is -2.08. The van der Waals surface area contributed by atoms with Crippen LogP contribution in [0.15, 0.2) is 42.5 Å². The van der Waals surface area contributed by atoms with Crippen LogP contribution in [0.2, 0.25) is 0 Å². The Morgan fingerprint density at radius 1 is 1.06 bits per heavy atom. The summed E-state index contributed by atoms with van der Waals surface area (Å²) in [7, 11) is 0. The van der Waals surface area contributed by atoms with Gasteiger partial charge in [0.2, 0.25) is 0 Å². The molecular formula is C14H13NO3. The van der Waals surface area contributed by atoms with Crippen LogP contribution in [0.25, 0.3) is 0 Å². The molecule has 4 heteroatoms. The normalized spacial score (nSPS) is 10.1. The third-order valence-electron chi connectivity index (χ3n) is 2.53. The lowest BCUT2D eigenvalue weighted by molar-refractivity contribution is 0.102. The van der Waals surface area contributed by atoms with Gasteiger partial charge >= 0.3 is 0 Å². The number of carbonyl (C=O) groups excluding carboxylic acids is 1. The molecule has 0 spiro atoms.